The van der Waals surface area contributed by atoms with Crippen molar-refractivity contribution in [1.82, 2.24) is 10.3 Å². The summed E-state index contributed by atoms with van der Waals surface area (Å²) in [6.45, 7) is 2.02. The molecule has 2 heterocycles. The van der Waals surface area contributed by atoms with Crippen molar-refractivity contribution in [3.05, 3.63) is 29.8 Å². The van der Waals surface area contributed by atoms with Crippen LogP contribution >= 0.6 is 0 Å². The number of hydrogen-bond acceptors (Lipinski definition) is 3. The van der Waals surface area contributed by atoms with E-state index in [2.05, 4.69) is 10.3 Å². The van der Waals surface area contributed by atoms with Gasteiger partial charge in [-0.3, -0.25) is 9.19 Å². The van der Waals surface area contributed by atoms with Gasteiger partial charge >= 0.3 is 0 Å². The van der Waals surface area contributed by atoms with Crippen LogP contribution < -0.4 is 5.32 Å². The van der Waals surface area contributed by atoms with Crippen molar-refractivity contribution in [3.8, 4) is 0 Å². The minimum Gasteiger partial charge on any atom is -0.306 e. The van der Waals surface area contributed by atoms with Crippen molar-refractivity contribution in [2.24, 2.45) is 0 Å². The summed E-state index contributed by atoms with van der Waals surface area (Å²) in [7, 11) is -0.629. The fraction of sp³-hybridized carbons (Fsp3) is 0.583. The number of rotatable bonds is 3. The maximum Gasteiger partial charge on any atom is 0.141 e. The van der Waals surface area contributed by atoms with E-state index in [1.807, 2.05) is 6.92 Å². The zero-order valence-corrected chi connectivity index (χ0v) is 10.7. The standard InChI is InChI=1S/C12H17FN2OS/c1-9(12-3-2-10(13)8-14-12)15-11-4-6-17(16)7-5-11/h2-3,8-9,11,15H,4-7H2,1H3. The SMILES string of the molecule is CC(NC1CCS(=O)CC1)c1ccc(F)cn1. The van der Waals surface area contributed by atoms with Gasteiger partial charge in [0.2, 0.25) is 0 Å². The Kier molecular flexibility index (Phi) is 4.23. The molecule has 0 radical (unpaired) electrons. The quantitative estimate of drug-likeness (QED) is 0.896. The summed E-state index contributed by atoms with van der Waals surface area (Å²) in [4.78, 5) is 4.06. The van der Waals surface area contributed by atoms with Crippen molar-refractivity contribution >= 4 is 10.8 Å². The van der Waals surface area contributed by atoms with E-state index in [1.54, 1.807) is 6.07 Å². The highest BCUT2D eigenvalue weighted by Crippen LogP contribution is 2.15. The highest BCUT2D eigenvalue weighted by atomic mass is 32.2. The van der Waals surface area contributed by atoms with Crippen molar-refractivity contribution < 1.29 is 8.60 Å². The van der Waals surface area contributed by atoms with Gasteiger partial charge in [0, 0.05) is 34.4 Å². The summed E-state index contributed by atoms with van der Waals surface area (Å²) in [5, 5.41) is 3.46. The Balaban J connectivity index is 1.90. The highest BCUT2D eigenvalue weighted by Gasteiger charge is 2.20. The Hall–Kier alpha value is -0.810. The van der Waals surface area contributed by atoms with E-state index in [0.29, 0.717) is 6.04 Å². The van der Waals surface area contributed by atoms with E-state index in [0.717, 1.165) is 30.0 Å². The largest absolute Gasteiger partial charge is 0.306 e. The molecule has 0 aliphatic carbocycles. The molecule has 0 bridgehead atoms. The Bertz CT molecular complexity index is 386. The molecular formula is C12H17FN2OS. The molecule has 0 spiro atoms. The first-order chi connectivity index (χ1) is 8.15. The van der Waals surface area contributed by atoms with Crippen LogP contribution in [0.4, 0.5) is 4.39 Å². The molecule has 0 aromatic carbocycles. The first-order valence-corrected chi connectivity index (χ1v) is 7.36. The molecule has 1 atom stereocenters. The molecule has 3 nitrogen and oxygen atoms in total. The Morgan fingerprint density at radius 2 is 2.18 bits per heavy atom. The lowest BCUT2D eigenvalue weighted by Crippen LogP contribution is -2.37. The van der Waals surface area contributed by atoms with E-state index in [9.17, 15) is 8.60 Å². The second kappa shape index (κ2) is 5.69. The van der Waals surface area contributed by atoms with Crippen LogP contribution in [-0.2, 0) is 10.8 Å². The van der Waals surface area contributed by atoms with Gasteiger partial charge < -0.3 is 5.32 Å². The first kappa shape index (κ1) is 12.6. The van der Waals surface area contributed by atoms with Crippen LogP contribution in [-0.4, -0.2) is 26.7 Å². The molecule has 17 heavy (non-hydrogen) atoms. The van der Waals surface area contributed by atoms with Gasteiger partial charge in [-0.05, 0) is 31.9 Å². The topological polar surface area (TPSA) is 42.0 Å². The molecule has 1 fully saturated rings. The molecule has 1 aliphatic heterocycles. The predicted molar refractivity (Wildman–Crippen MR) is 66.6 cm³/mol. The first-order valence-electron chi connectivity index (χ1n) is 5.87. The van der Waals surface area contributed by atoms with Crippen LogP contribution in [0.2, 0.25) is 0 Å². The third kappa shape index (κ3) is 3.57. The lowest BCUT2D eigenvalue weighted by atomic mass is 10.1. The van der Waals surface area contributed by atoms with Crippen LogP contribution in [0.5, 0.6) is 0 Å². The van der Waals surface area contributed by atoms with Gasteiger partial charge in [0.25, 0.3) is 0 Å². The van der Waals surface area contributed by atoms with Crippen LogP contribution in [0.1, 0.15) is 31.5 Å². The van der Waals surface area contributed by atoms with Crippen LogP contribution in [0, 0.1) is 5.82 Å². The summed E-state index contributed by atoms with van der Waals surface area (Å²) in [5.41, 5.74) is 0.845. The molecule has 1 aliphatic rings. The van der Waals surface area contributed by atoms with Crippen molar-refractivity contribution in [2.75, 3.05) is 11.5 Å². The second-order valence-electron chi connectivity index (χ2n) is 4.41. The fourth-order valence-corrected chi connectivity index (χ4v) is 3.34. The van der Waals surface area contributed by atoms with Gasteiger partial charge in [-0.25, -0.2) is 4.39 Å². The zero-order chi connectivity index (χ0) is 12.3. The van der Waals surface area contributed by atoms with E-state index >= 15 is 0 Å². The summed E-state index contributed by atoms with van der Waals surface area (Å²) in [6.07, 6.45) is 3.12. The van der Waals surface area contributed by atoms with Gasteiger partial charge in [0.15, 0.2) is 0 Å². The number of nitrogens with one attached hydrogen (secondary N) is 1. The number of aromatic nitrogens is 1. The fourth-order valence-electron chi connectivity index (χ4n) is 2.04. The number of hydrogen-bond donors (Lipinski definition) is 1. The van der Waals surface area contributed by atoms with Crippen molar-refractivity contribution in [3.63, 3.8) is 0 Å². The molecule has 1 unspecified atom stereocenters. The maximum atomic E-state index is 12.7. The van der Waals surface area contributed by atoms with Gasteiger partial charge in [-0.1, -0.05) is 0 Å². The average molecular weight is 256 g/mol. The van der Waals surface area contributed by atoms with E-state index in [-0.39, 0.29) is 11.9 Å². The highest BCUT2D eigenvalue weighted by molar-refractivity contribution is 7.85. The monoisotopic (exact) mass is 256 g/mol. The average Bonchev–Trinajstić information content (AvgIpc) is 2.33. The molecule has 1 N–H and O–H groups in total. The summed E-state index contributed by atoms with van der Waals surface area (Å²) >= 11 is 0. The van der Waals surface area contributed by atoms with Gasteiger partial charge in [0.1, 0.15) is 5.82 Å². The molecule has 1 aromatic rings. The smallest absolute Gasteiger partial charge is 0.141 e. The summed E-state index contributed by atoms with van der Waals surface area (Å²) < 4.78 is 24.0. The van der Waals surface area contributed by atoms with Crippen LogP contribution in [0.15, 0.2) is 18.3 Å². The normalized spacial score (nSPS) is 26.7. The minimum atomic E-state index is -0.629. The van der Waals surface area contributed by atoms with Crippen molar-refractivity contribution in [2.45, 2.75) is 31.8 Å². The lowest BCUT2D eigenvalue weighted by Gasteiger charge is -2.26. The van der Waals surface area contributed by atoms with Crippen molar-refractivity contribution in [1.29, 1.82) is 0 Å². The zero-order valence-electron chi connectivity index (χ0n) is 9.86. The second-order valence-corrected chi connectivity index (χ2v) is 6.11. The summed E-state index contributed by atoms with van der Waals surface area (Å²) in [6, 6.07) is 3.63. The molecule has 0 saturated carbocycles. The molecule has 5 heteroatoms. The van der Waals surface area contributed by atoms with Gasteiger partial charge in [-0.15, -0.1) is 0 Å². The summed E-state index contributed by atoms with van der Waals surface area (Å²) in [5.74, 6) is 1.25. The Morgan fingerprint density at radius 3 is 2.76 bits per heavy atom. The molecule has 2 rings (SSSR count). The Morgan fingerprint density at radius 1 is 1.47 bits per heavy atom. The molecular weight excluding hydrogens is 239 g/mol. The Labute approximate surface area is 103 Å². The molecule has 1 saturated heterocycles. The lowest BCUT2D eigenvalue weighted by molar-refractivity contribution is 0.421. The number of nitrogens with zero attached hydrogens (tertiary/aromatic N) is 1. The predicted octanol–water partition coefficient (Wildman–Crippen LogP) is 1.78. The number of pyridine rings is 1. The van der Waals surface area contributed by atoms with Crippen LogP contribution in [0.3, 0.4) is 0 Å². The maximum absolute atomic E-state index is 12.7. The molecule has 1 aromatic heterocycles. The third-order valence-corrected chi connectivity index (χ3v) is 4.45. The third-order valence-electron chi connectivity index (χ3n) is 3.07. The van der Waals surface area contributed by atoms with E-state index in [1.165, 1.54) is 12.3 Å². The van der Waals surface area contributed by atoms with E-state index in [4.69, 9.17) is 0 Å². The van der Waals surface area contributed by atoms with Crippen LogP contribution in [0.25, 0.3) is 0 Å². The molecule has 0 amide bonds. The number of halogens is 1. The van der Waals surface area contributed by atoms with Gasteiger partial charge in [0.05, 0.1) is 11.9 Å². The molecule has 94 valence electrons. The van der Waals surface area contributed by atoms with E-state index < -0.39 is 10.8 Å². The minimum absolute atomic E-state index is 0.104. The van der Waals surface area contributed by atoms with Gasteiger partial charge in [-0.2, -0.15) is 0 Å².